The fourth-order valence-corrected chi connectivity index (χ4v) is 2.65. The van der Waals surface area contributed by atoms with Crippen LogP contribution in [0.15, 0.2) is 36.5 Å². The lowest BCUT2D eigenvalue weighted by Crippen LogP contribution is -2.37. The van der Waals surface area contributed by atoms with Crippen LogP contribution in [0.1, 0.15) is 25.5 Å². The third-order valence-corrected chi connectivity index (χ3v) is 3.93. The van der Waals surface area contributed by atoms with E-state index in [-0.39, 0.29) is 0 Å². The fraction of sp³-hybridized carbons (Fsp3) is 0.278. The van der Waals surface area contributed by atoms with Crippen LogP contribution in [0.3, 0.4) is 0 Å². The molecule has 0 saturated heterocycles. The predicted molar refractivity (Wildman–Crippen MR) is 98.0 cm³/mol. The number of urea groups is 1. The summed E-state index contributed by atoms with van der Waals surface area (Å²) in [6.45, 7) is 3.87. The topological polar surface area (TPSA) is 112 Å². The van der Waals surface area contributed by atoms with Crippen LogP contribution in [0.25, 0.3) is 10.9 Å². The standard InChI is InChI=1S/C18H20FN5O3/c1-3-27-17-13-9-20-15(8-14(13)23-24-17)21-18(26)22-16(10(2)25)11-4-6-12(19)7-5-11/h4-10,16,25H,3H2,1-2H3,(H,23,24)(H2,20,21,22,26). The number of ether oxygens (including phenoxy) is 1. The Kier molecular flexibility index (Phi) is 5.51. The number of halogens is 1. The van der Waals surface area contributed by atoms with Crippen molar-refractivity contribution in [3.8, 4) is 5.88 Å². The highest BCUT2D eigenvalue weighted by molar-refractivity contribution is 5.92. The zero-order valence-electron chi connectivity index (χ0n) is 14.9. The van der Waals surface area contributed by atoms with Crippen LogP contribution in [0, 0.1) is 5.82 Å². The van der Waals surface area contributed by atoms with Crippen LogP contribution in [-0.4, -0.2) is 39.0 Å². The largest absolute Gasteiger partial charge is 0.476 e. The van der Waals surface area contributed by atoms with Gasteiger partial charge in [0.1, 0.15) is 11.6 Å². The fourth-order valence-electron chi connectivity index (χ4n) is 2.65. The molecule has 142 valence electrons. The number of carbonyl (C=O) groups excluding carboxylic acids is 1. The summed E-state index contributed by atoms with van der Waals surface area (Å²) in [4.78, 5) is 16.5. The molecule has 0 aliphatic rings. The first-order chi connectivity index (χ1) is 13.0. The number of hydrogen-bond donors (Lipinski definition) is 4. The summed E-state index contributed by atoms with van der Waals surface area (Å²) in [5.74, 6) is 0.354. The van der Waals surface area contributed by atoms with E-state index >= 15 is 0 Å². The number of aliphatic hydroxyl groups excluding tert-OH is 1. The number of amides is 2. The molecular formula is C18H20FN5O3. The third-order valence-electron chi connectivity index (χ3n) is 3.93. The van der Waals surface area contributed by atoms with Gasteiger partial charge in [-0.1, -0.05) is 12.1 Å². The number of pyridine rings is 1. The van der Waals surface area contributed by atoms with E-state index in [1.807, 2.05) is 6.92 Å². The molecule has 0 aliphatic carbocycles. The molecular weight excluding hydrogens is 353 g/mol. The van der Waals surface area contributed by atoms with Crippen LogP contribution in [0.2, 0.25) is 0 Å². The smallest absolute Gasteiger partial charge is 0.320 e. The van der Waals surface area contributed by atoms with Gasteiger partial charge in [-0.15, -0.1) is 5.10 Å². The molecule has 3 rings (SSSR count). The number of benzene rings is 1. The molecule has 2 amide bonds. The van der Waals surface area contributed by atoms with E-state index in [9.17, 15) is 14.3 Å². The van der Waals surface area contributed by atoms with Crippen molar-refractivity contribution in [1.29, 1.82) is 0 Å². The van der Waals surface area contributed by atoms with Gasteiger partial charge in [-0.2, -0.15) is 0 Å². The summed E-state index contributed by atoms with van der Waals surface area (Å²) < 4.78 is 18.5. The first-order valence-corrected chi connectivity index (χ1v) is 8.46. The van der Waals surface area contributed by atoms with E-state index in [1.54, 1.807) is 19.2 Å². The highest BCUT2D eigenvalue weighted by Gasteiger charge is 2.20. The molecule has 0 aliphatic heterocycles. The molecule has 2 atom stereocenters. The van der Waals surface area contributed by atoms with E-state index in [1.165, 1.54) is 24.3 Å². The molecule has 0 fully saturated rings. The minimum Gasteiger partial charge on any atom is -0.476 e. The Balaban J connectivity index is 1.72. The second-order valence-corrected chi connectivity index (χ2v) is 5.95. The van der Waals surface area contributed by atoms with Crippen LogP contribution < -0.4 is 15.4 Å². The van der Waals surface area contributed by atoms with Gasteiger partial charge in [-0.3, -0.25) is 10.4 Å². The number of hydrogen-bond acceptors (Lipinski definition) is 5. The van der Waals surface area contributed by atoms with Gasteiger partial charge in [0, 0.05) is 12.3 Å². The number of nitrogens with one attached hydrogen (secondary N) is 3. The van der Waals surface area contributed by atoms with Crippen molar-refractivity contribution in [3.63, 3.8) is 0 Å². The maximum absolute atomic E-state index is 13.1. The average molecular weight is 373 g/mol. The molecule has 4 N–H and O–H groups in total. The lowest BCUT2D eigenvalue weighted by atomic mass is 10.0. The number of rotatable bonds is 6. The summed E-state index contributed by atoms with van der Waals surface area (Å²) in [5, 5.41) is 22.8. The van der Waals surface area contributed by atoms with E-state index < -0.39 is 24.0 Å². The first-order valence-electron chi connectivity index (χ1n) is 8.46. The molecule has 3 aromatic rings. The molecule has 0 radical (unpaired) electrons. The van der Waals surface area contributed by atoms with Crippen molar-refractivity contribution in [1.82, 2.24) is 20.5 Å². The van der Waals surface area contributed by atoms with Crippen LogP contribution in [0.4, 0.5) is 15.0 Å². The van der Waals surface area contributed by atoms with Gasteiger partial charge in [-0.05, 0) is 31.5 Å². The second kappa shape index (κ2) is 8.00. The Morgan fingerprint density at radius 2 is 2.11 bits per heavy atom. The summed E-state index contributed by atoms with van der Waals surface area (Å²) in [7, 11) is 0. The molecule has 2 unspecified atom stereocenters. The summed E-state index contributed by atoms with van der Waals surface area (Å²) in [6.07, 6.45) is 0.670. The number of aliphatic hydroxyl groups is 1. The Bertz CT molecular complexity index is 926. The molecule has 2 heterocycles. The molecule has 1 aromatic carbocycles. The number of anilines is 1. The normalized spacial score (nSPS) is 13.2. The van der Waals surface area contributed by atoms with Gasteiger partial charge in [0.2, 0.25) is 5.88 Å². The van der Waals surface area contributed by atoms with E-state index in [0.717, 1.165) is 0 Å². The quantitative estimate of drug-likeness (QED) is 0.531. The number of aromatic amines is 1. The minimum atomic E-state index is -0.877. The number of fused-ring (bicyclic) bond motifs is 1. The van der Waals surface area contributed by atoms with Gasteiger partial charge >= 0.3 is 6.03 Å². The van der Waals surface area contributed by atoms with Gasteiger partial charge in [0.05, 0.1) is 29.7 Å². The zero-order valence-corrected chi connectivity index (χ0v) is 14.9. The predicted octanol–water partition coefficient (Wildman–Crippen LogP) is 2.74. The Morgan fingerprint density at radius 3 is 2.78 bits per heavy atom. The van der Waals surface area contributed by atoms with Crippen molar-refractivity contribution in [2.75, 3.05) is 11.9 Å². The Hall–Kier alpha value is -3.20. The SMILES string of the molecule is CCOc1n[nH]c2cc(NC(=O)NC(c3ccc(F)cc3)C(C)O)ncc12. The molecule has 0 spiro atoms. The van der Waals surface area contributed by atoms with Crippen LogP contribution >= 0.6 is 0 Å². The lowest BCUT2D eigenvalue weighted by molar-refractivity contribution is 0.148. The summed E-state index contributed by atoms with van der Waals surface area (Å²) >= 11 is 0. The highest BCUT2D eigenvalue weighted by Crippen LogP contribution is 2.23. The third kappa shape index (κ3) is 4.32. The maximum atomic E-state index is 13.1. The number of aromatic nitrogens is 3. The minimum absolute atomic E-state index is 0.301. The number of carbonyl (C=O) groups is 1. The molecule has 9 heteroatoms. The zero-order chi connectivity index (χ0) is 19.4. The molecule has 27 heavy (non-hydrogen) atoms. The molecule has 8 nitrogen and oxygen atoms in total. The molecule has 2 aromatic heterocycles. The van der Waals surface area contributed by atoms with Gasteiger partial charge in [0.15, 0.2) is 0 Å². The molecule has 0 saturated carbocycles. The number of nitrogens with zero attached hydrogens (tertiary/aromatic N) is 2. The summed E-state index contributed by atoms with van der Waals surface area (Å²) in [5.41, 5.74) is 1.24. The van der Waals surface area contributed by atoms with Crippen molar-refractivity contribution in [2.24, 2.45) is 0 Å². The second-order valence-electron chi connectivity index (χ2n) is 5.95. The highest BCUT2D eigenvalue weighted by atomic mass is 19.1. The molecule has 0 bridgehead atoms. The monoisotopic (exact) mass is 373 g/mol. The number of H-pyrrole nitrogens is 1. The van der Waals surface area contributed by atoms with E-state index in [0.29, 0.717) is 34.8 Å². The van der Waals surface area contributed by atoms with Gasteiger partial charge in [0.25, 0.3) is 0 Å². The van der Waals surface area contributed by atoms with E-state index in [4.69, 9.17) is 4.74 Å². The van der Waals surface area contributed by atoms with Crippen molar-refractivity contribution >= 4 is 22.8 Å². The van der Waals surface area contributed by atoms with Gasteiger partial charge in [-0.25, -0.2) is 14.2 Å². The van der Waals surface area contributed by atoms with Crippen LogP contribution in [-0.2, 0) is 0 Å². The van der Waals surface area contributed by atoms with Crippen molar-refractivity contribution < 1.29 is 19.0 Å². The van der Waals surface area contributed by atoms with Gasteiger partial charge < -0.3 is 15.2 Å². The average Bonchev–Trinajstić information content (AvgIpc) is 3.03. The van der Waals surface area contributed by atoms with Crippen molar-refractivity contribution in [2.45, 2.75) is 26.0 Å². The maximum Gasteiger partial charge on any atom is 0.320 e. The Labute approximate surface area is 154 Å². The first kappa shape index (κ1) is 18.6. The van der Waals surface area contributed by atoms with E-state index in [2.05, 4.69) is 25.8 Å². The van der Waals surface area contributed by atoms with Crippen molar-refractivity contribution in [3.05, 3.63) is 47.9 Å². The lowest BCUT2D eigenvalue weighted by Gasteiger charge is -2.22. The summed E-state index contributed by atoms with van der Waals surface area (Å²) in [6, 6.07) is 5.93. The van der Waals surface area contributed by atoms with Crippen LogP contribution in [0.5, 0.6) is 5.88 Å². The Morgan fingerprint density at radius 1 is 1.37 bits per heavy atom.